The molecular weight excluding hydrogens is 619 g/mol. The number of fused-ring (bicyclic) bond motifs is 3. The number of nitrogens with two attached hydrogens (primary N) is 1. The van der Waals surface area contributed by atoms with E-state index in [2.05, 4.69) is 148 Å². The third kappa shape index (κ3) is 12.8. The lowest BCUT2D eigenvalue weighted by Gasteiger charge is -2.20. The quantitative estimate of drug-likeness (QED) is 0.0498. The van der Waals surface area contributed by atoms with E-state index in [-0.39, 0.29) is 0 Å². The minimum absolute atomic E-state index is 0.399. The molecule has 0 amide bonds. The van der Waals surface area contributed by atoms with Crippen molar-refractivity contribution in [3.8, 4) is 0 Å². The summed E-state index contributed by atoms with van der Waals surface area (Å²) in [6, 6.07) is 15.3. The molecule has 3 nitrogen and oxygen atoms in total. The number of aryl methyl sites for hydroxylation is 1. The van der Waals surface area contributed by atoms with Crippen LogP contribution in [-0.4, -0.2) is 12.9 Å². The van der Waals surface area contributed by atoms with E-state index in [0.717, 1.165) is 49.1 Å². The molecule has 1 aliphatic rings. The Kier molecular flexibility index (Phi) is 21.9. The van der Waals surface area contributed by atoms with Crippen LogP contribution in [0.2, 0.25) is 0 Å². The van der Waals surface area contributed by atoms with Crippen LogP contribution in [0.5, 0.6) is 0 Å². The van der Waals surface area contributed by atoms with Crippen molar-refractivity contribution in [2.45, 2.75) is 86.7 Å². The van der Waals surface area contributed by atoms with E-state index >= 15 is 0 Å². The number of nitrogens with one attached hydrogen (secondary N) is 1. The fourth-order valence-electron chi connectivity index (χ4n) is 6.17. The lowest BCUT2D eigenvalue weighted by molar-refractivity contribution is 0.679. The Morgan fingerprint density at radius 1 is 0.922 bits per heavy atom. The first-order chi connectivity index (χ1) is 24.9. The number of amidine groups is 1. The topological polar surface area (TPSA) is 50.4 Å². The summed E-state index contributed by atoms with van der Waals surface area (Å²) in [5.74, 6) is 1.30. The SMILES string of the molecule is C=C.C=C/C=C\Cc1c(C)c2ccccc2c2cc(C(N)NC(=NC)/C(=C/C=C\CC3=CCCC(/C(C)=C/C=C)C=C3)CC)ccc12.CC.CC. The van der Waals surface area contributed by atoms with Gasteiger partial charge in [0.2, 0.25) is 0 Å². The normalized spacial score (nSPS) is 15.5. The van der Waals surface area contributed by atoms with Gasteiger partial charge in [-0.2, -0.15) is 0 Å². The Hall–Kier alpha value is -4.73. The zero-order chi connectivity index (χ0) is 38.2. The van der Waals surface area contributed by atoms with Gasteiger partial charge in [-0.05, 0) is 107 Å². The lowest BCUT2D eigenvalue weighted by Crippen LogP contribution is -2.35. The summed E-state index contributed by atoms with van der Waals surface area (Å²) in [4.78, 5) is 4.60. The second-order valence-electron chi connectivity index (χ2n) is 11.7. The highest BCUT2D eigenvalue weighted by atomic mass is 15.1. The van der Waals surface area contributed by atoms with Gasteiger partial charge in [0.1, 0.15) is 12.0 Å². The number of nitrogens with zero attached hydrogens (tertiary/aromatic N) is 1. The number of aliphatic imine (C=N–C) groups is 1. The van der Waals surface area contributed by atoms with Crippen molar-refractivity contribution in [1.29, 1.82) is 0 Å². The highest BCUT2D eigenvalue weighted by molar-refractivity contribution is 6.11. The van der Waals surface area contributed by atoms with Gasteiger partial charge in [-0.1, -0.05) is 157 Å². The summed E-state index contributed by atoms with van der Waals surface area (Å²) in [5.41, 5.74) is 14.3. The van der Waals surface area contributed by atoms with Gasteiger partial charge in [0.05, 0.1) is 0 Å². The molecule has 51 heavy (non-hydrogen) atoms. The average molecular weight is 684 g/mol. The van der Waals surface area contributed by atoms with Gasteiger partial charge in [0, 0.05) is 7.05 Å². The first-order valence-electron chi connectivity index (χ1n) is 18.6. The molecule has 0 spiro atoms. The summed E-state index contributed by atoms with van der Waals surface area (Å²) in [6.45, 7) is 28.2. The van der Waals surface area contributed by atoms with Crippen molar-refractivity contribution in [1.82, 2.24) is 5.32 Å². The van der Waals surface area contributed by atoms with Gasteiger partial charge in [0.15, 0.2) is 0 Å². The summed E-state index contributed by atoms with van der Waals surface area (Å²) < 4.78 is 0. The molecule has 2 unspecified atom stereocenters. The molecule has 0 saturated heterocycles. The molecule has 0 heterocycles. The number of hydrogen-bond donors (Lipinski definition) is 2. The van der Waals surface area contributed by atoms with E-state index in [1.54, 1.807) is 0 Å². The minimum Gasteiger partial charge on any atom is -0.351 e. The van der Waals surface area contributed by atoms with E-state index in [4.69, 9.17) is 5.73 Å². The zero-order valence-electron chi connectivity index (χ0n) is 32.9. The van der Waals surface area contributed by atoms with Crippen molar-refractivity contribution < 1.29 is 0 Å². The highest BCUT2D eigenvalue weighted by Crippen LogP contribution is 2.34. The summed E-state index contributed by atoms with van der Waals surface area (Å²) >= 11 is 0. The maximum Gasteiger partial charge on any atom is 0.125 e. The molecule has 1 aliphatic carbocycles. The molecule has 0 aliphatic heterocycles. The van der Waals surface area contributed by atoms with Gasteiger partial charge < -0.3 is 11.1 Å². The minimum atomic E-state index is -0.399. The Morgan fingerprint density at radius 2 is 1.61 bits per heavy atom. The van der Waals surface area contributed by atoms with E-state index in [1.165, 1.54) is 43.8 Å². The van der Waals surface area contributed by atoms with E-state index in [9.17, 15) is 0 Å². The maximum atomic E-state index is 6.80. The first-order valence-corrected chi connectivity index (χ1v) is 18.6. The Bertz CT molecular complexity index is 1760. The molecular formula is C48H65N3. The average Bonchev–Trinajstić information content (AvgIpc) is 3.43. The van der Waals surface area contributed by atoms with Crippen molar-refractivity contribution in [2.75, 3.05) is 7.05 Å². The van der Waals surface area contributed by atoms with E-state index in [0.29, 0.717) is 5.92 Å². The van der Waals surface area contributed by atoms with Crippen LogP contribution in [0.4, 0.5) is 0 Å². The molecule has 0 aromatic heterocycles. The van der Waals surface area contributed by atoms with Crippen molar-refractivity contribution >= 4 is 27.4 Å². The Balaban J connectivity index is 0.00000206. The lowest BCUT2D eigenvalue weighted by atomic mass is 9.89. The largest absolute Gasteiger partial charge is 0.351 e. The molecule has 0 radical (unpaired) electrons. The predicted molar refractivity (Wildman–Crippen MR) is 233 cm³/mol. The molecule has 3 aromatic rings. The molecule has 3 heteroatoms. The highest BCUT2D eigenvalue weighted by Gasteiger charge is 2.15. The standard InChI is InChI=1S/C42H49N3.2C2H6.C2H4/c1-7-10-11-22-37-31(5)36-23-14-15-24-38(36)40-29-35(27-28-39(37)40)41(43)45-42(44-6)33(9-3)20-13-12-18-32-19-16-21-34(26-25-32)30(4)17-8-2;3*1-2/h7-8,10-15,17,19-20,23-29,34,41H,1-2,9,16,18,21-22,43H2,3-6H3,(H,44,45);2*1-2H3;1-2H2/b11-10-,13-12-,30-17+,33-20+;;;. The van der Waals surface area contributed by atoms with Crippen LogP contribution in [0.25, 0.3) is 21.5 Å². The summed E-state index contributed by atoms with van der Waals surface area (Å²) in [5, 5.41) is 8.51. The van der Waals surface area contributed by atoms with Gasteiger partial charge in [0.25, 0.3) is 0 Å². The smallest absolute Gasteiger partial charge is 0.125 e. The van der Waals surface area contributed by atoms with Crippen LogP contribution < -0.4 is 11.1 Å². The summed E-state index contributed by atoms with van der Waals surface area (Å²) in [6.07, 6.45) is 27.9. The van der Waals surface area contributed by atoms with Gasteiger partial charge in [-0.15, -0.1) is 13.2 Å². The molecule has 4 rings (SSSR count). The van der Waals surface area contributed by atoms with Crippen LogP contribution in [0.3, 0.4) is 0 Å². The maximum absolute atomic E-state index is 6.80. The second kappa shape index (κ2) is 25.3. The number of rotatable bonds is 12. The molecule has 0 fully saturated rings. The third-order valence-electron chi connectivity index (χ3n) is 8.78. The molecule has 2 atom stereocenters. The van der Waals surface area contributed by atoms with Crippen LogP contribution in [0.15, 0.2) is 157 Å². The fourth-order valence-corrected chi connectivity index (χ4v) is 6.17. The zero-order valence-corrected chi connectivity index (χ0v) is 32.9. The van der Waals surface area contributed by atoms with Crippen molar-refractivity contribution in [3.05, 3.63) is 169 Å². The van der Waals surface area contributed by atoms with Gasteiger partial charge in [-0.25, -0.2) is 0 Å². The van der Waals surface area contributed by atoms with Crippen molar-refractivity contribution in [2.24, 2.45) is 16.6 Å². The predicted octanol–water partition coefficient (Wildman–Crippen LogP) is 13.3. The number of allylic oxidation sites excluding steroid dienone is 13. The number of hydrogen-bond acceptors (Lipinski definition) is 2. The van der Waals surface area contributed by atoms with Crippen molar-refractivity contribution in [3.63, 3.8) is 0 Å². The van der Waals surface area contributed by atoms with Gasteiger partial charge in [-0.3, -0.25) is 4.99 Å². The Labute approximate surface area is 311 Å². The molecule has 272 valence electrons. The van der Waals surface area contributed by atoms with Gasteiger partial charge >= 0.3 is 0 Å². The summed E-state index contributed by atoms with van der Waals surface area (Å²) in [7, 11) is 1.82. The molecule has 0 saturated carbocycles. The monoisotopic (exact) mass is 684 g/mol. The van der Waals surface area contributed by atoms with Crippen LogP contribution in [0, 0.1) is 12.8 Å². The van der Waals surface area contributed by atoms with Crippen LogP contribution in [0.1, 0.15) is 90.1 Å². The first kappa shape index (κ1) is 44.3. The number of benzene rings is 3. The van der Waals surface area contributed by atoms with Crippen LogP contribution >= 0.6 is 0 Å². The molecule has 3 N–H and O–H groups in total. The third-order valence-corrected chi connectivity index (χ3v) is 8.78. The van der Waals surface area contributed by atoms with E-state index < -0.39 is 6.17 Å². The van der Waals surface area contributed by atoms with E-state index in [1.807, 2.05) is 53.0 Å². The molecule has 3 aromatic carbocycles. The fraction of sp³-hybridized carbons (Fsp3) is 0.312. The Morgan fingerprint density at radius 3 is 2.25 bits per heavy atom. The van der Waals surface area contributed by atoms with Crippen LogP contribution in [-0.2, 0) is 6.42 Å². The molecule has 0 bridgehead atoms. The second-order valence-corrected chi connectivity index (χ2v) is 11.7.